The highest BCUT2D eigenvalue weighted by atomic mass is 32.2. The van der Waals surface area contributed by atoms with Gasteiger partial charge in [0.25, 0.3) is 0 Å². The van der Waals surface area contributed by atoms with Crippen LogP contribution in [-0.2, 0) is 0 Å². The molecule has 0 atom stereocenters. The first-order valence-electron chi connectivity index (χ1n) is 3.35. The number of pyridine rings is 1. The van der Waals surface area contributed by atoms with Gasteiger partial charge >= 0.3 is 0 Å². The van der Waals surface area contributed by atoms with E-state index in [1.54, 1.807) is 13.2 Å². The van der Waals surface area contributed by atoms with Crippen LogP contribution in [0.2, 0.25) is 0 Å². The number of thioether (sulfide) groups is 1. The maximum absolute atomic E-state index is 10.4. The van der Waals surface area contributed by atoms with E-state index in [1.165, 1.54) is 18.0 Å². The third-order valence-corrected chi connectivity index (χ3v) is 2.12. The predicted molar refractivity (Wildman–Crippen MR) is 48.0 cm³/mol. The van der Waals surface area contributed by atoms with Crippen LogP contribution in [0.3, 0.4) is 0 Å². The summed E-state index contributed by atoms with van der Waals surface area (Å²) in [5, 5.41) is 0. The van der Waals surface area contributed by atoms with E-state index in [-0.39, 0.29) is 0 Å². The van der Waals surface area contributed by atoms with E-state index < -0.39 is 0 Å². The highest BCUT2D eigenvalue weighted by Crippen LogP contribution is 2.24. The Labute approximate surface area is 75.1 Å². The lowest BCUT2D eigenvalue weighted by Crippen LogP contribution is -1.92. The third kappa shape index (κ3) is 1.76. The fourth-order valence-corrected chi connectivity index (χ4v) is 1.38. The lowest BCUT2D eigenvalue weighted by atomic mass is 10.3. The molecule has 0 saturated carbocycles. The SMILES string of the molecule is COc1ncc(C=O)cc1SC. The summed E-state index contributed by atoms with van der Waals surface area (Å²) in [5.41, 5.74) is 0.570. The fourth-order valence-electron chi connectivity index (χ4n) is 0.811. The van der Waals surface area contributed by atoms with E-state index in [4.69, 9.17) is 4.74 Å². The number of nitrogens with zero attached hydrogens (tertiary/aromatic N) is 1. The molecule has 0 radical (unpaired) electrons. The minimum Gasteiger partial charge on any atom is -0.480 e. The van der Waals surface area contributed by atoms with Crippen molar-refractivity contribution in [2.45, 2.75) is 4.90 Å². The van der Waals surface area contributed by atoms with Gasteiger partial charge in [0, 0.05) is 11.8 Å². The van der Waals surface area contributed by atoms with Crippen molar-refractivity contribution in [1.82, 2.24) is 4.98 Å². The summed E-state index contributed by atoms with van der Waals surface area (Å²) in [5.74, 6) is 0.563. The average Bonchev–Trinajstić information content (AvgIpc) is 2.16. The van der Waals surface area contributed by atoms with Gasteiger partial charge in [-0.3, -0.25) is 4.79 Å². The van der Waals surface area contributed by atoms with Gasteiger partial charge in [-0.2, -0.15) is 0 Å². The molecule has 1 rings (SSSR count). The van der Waals surface area contributed by atoms with Gasteiger partial charge < -0.3 is 4.74 Å². The number of aromatic nitrogens is 1. The van der Waals surface area contributed by atoms with E-state index in [0.29, 0.717) is 11.4 Å². The van der Waals surface area contributed by atoms with Crippen molar-refractivity contribution in [1.29, 1.82) is 0 Å². The molecular formula is C8H9NO2S. The molecule has 1 aromatic heterocycles. The quantitative estimate of drug-likeness (QED) is 0.527. The van der Waals surface area contributed by atoms with Gasteiger partial charge in [-0.25, -0.2) is 4.98 Å². The maximum Gasteiger partial charge on any atom is 0.227 e. The van der Waals surface area contributed by atoms with Crippen molar-refractivity contribution in [2.24, 2.45) is 0 Å². The molecular weight excluding hydrogens is 174 g/mol. The topological polar surface area (TPSA) is 39.2 Å². The van der Waals surface area contributed by atoms with Gasteiger partial charge in [-0.1, -0.05) is 0 Å². The van der Waals surface area contributed by atoms with E-state index in [2.05, 4.69) is 4.98 Å². The lowest BCUT2D eigenvalue weighted by molar-refractivity contribution is 0.112. The highest BCUT2D eigenvalue weighted by molar-refractivity contribution is 7.98. The van der Waals surface area contributed by atoms with Crippen LogP contribution in [0.1, 0.15) is 10.4 Å². The molecule has 1 aromatic rings. The molecule has 0 spiro atoms. The normalized spacial score (nSPS) is 9.50. The zero-order valence-electron chi connectivity index (χ0n) is 6.90. The van der Waals surface area contributed by atoms with Crippen molar-refractivity contribution in [3.8, 4) is 5.88 Å². The van der Waals surface area contributed by atoms with Gasteiger partial charge in [-0.05, 0) is 12.3 Å². The van der Waals surface area contributed by atoms with Gasteiger partial charge in [0.15, 0.2) is 6.29 Å². The van der Waals surface area contributed by atoms with Gasteiger partial charge in [0.05, 0.1) is 12.0 Å². The standard InChI is InChI=1S/C8H9NO2S/c1-11-8-7(12-2)3-6(5-10)4-9-8/h3-5H,1-2H3. The summed E-state index contributed by atoms with van der Waals surface area (Å²) < 4.78 is 4.99. The van der Waals surface area contributed by atoms with Crippen LogP contribution in [0.15, 0.2) is 17.2 Å². The van der Waals surface area contributed by atoms with Crippen molar-refractivity contribution in [3.63, 3.8) is 0 Å². The molecule has 0 unspecified atom stereocenters. The lowest BCUT2D eigenvalue weighted by Gasteiger charge is -2.03. The second-order valence-corrected chi connectivity index (χ2v) is 2.95. The molecule has 3 nitrogen and oxygen atoms in total. The van der Waals surface area contributed by atoms with Crippen molar-refractivity contribution < 1.29 is 9.53 Å². The van der Waals surface area contributed by atoms with Crippen LogP contribution in [0.5, 0.6) is 5.88 Å². The van der Waals surface area contributed by atoms with E-state index in [0.717, 1.165) is 11.2 Å². The molecule has 0 N–H and O–H groups in total. The number of rotatable bonds is 3. The zero-order valence-corrected chi connectivity index (χ0v) is 7.72. The Morgan fingerprint density at radius 1 is 1.67 bits per heavy atom. The molecule has 64 valence electrons. The van der Waals surface area contributed by atoms with Gasteiger partial charge in [-0.15, -0.1) is 11.8 Å². The summed E-state index contributed by atoms with van der Waals surface area (Å²) in [4.78, 5) is 15.2. The summed E-state index contributed by atoms with van der Waals surface area (Å²) in [7, 11) is 1.56. The molecule has 0 aliphatic rings. The van der Waals surface area contributed by atoms with Crippen LogP contribution < -0.4 is 4.74 Å². The number of aldehydes is 1. The van der Waals surface area contributed by atoms with Crippen molar-refractivity contribution in [3.05, 3.63) is 17.8 Å². The van der Waals surface area contributed by atoms with Crippen LogP contribution in [-0.4, -0.2) is 24.6 Å². The maximum atomic E-state index is 10.4. The molecule has 1 heterocycles. The number of methoxy groups -OCH3 is 1. The predicted octanol–water partition coefficient (Wildman–Crippen LogP) is 1.62. The molecule has 0 aliphatic carbocycles. The monoisotopic (exact) mass is 183 g/mol. The number of hydrogen-bond acceptors (Lipinski definition) is 4. The Bertz CT molecular complexity index is 288. The van der Waals surface area contributed by atoms with Crippen molar-refractivity contribution >= 4 is 18.0 Å². The molecule has 0 bridgehead atoms. The number of carbonyl (C=O) groups is 1. The largest absolute Gasteiger partial charge is 0.480 e. The van der Waals surface area contributed by atoms with Crippen LogP contribution >= 0.6 is 11.8 Å². The summed E-state index contributed by atoms with van der Waals surface area (Å²) in [6.07, 6.45) is 4.17. The molecule has 0 saturated heterocycles. The Hall–Kier alpha value is -1.03. The molecule has 12 heavy (non-hydrogen) atoms. The minimum atomic E-state index is 0.563. The van der Waals surface area contributed by atoms with E-state index in [1.807, 2.05) is 6.26 Å². The molecule has 0 amide bonds. The smallest absolute Gasteiger partial charge is 0.227 e. The average molecular weight is 183 g/mol. The van der Waals surface area contributed by atoms with E-state index >= 15 is 0 Å². The van der Waals surface area contributed by atoms with Crippen LogP contribution in [0, 0.1) is 0 Å². The van der Waals surface area contributed by atoms with Crippen molar-refractivity contribution in [2.75, 3.05) is 13.4 Å². The minimum absolute atomic E-state index is 0.563. The highest BCUT2D eigenvalue weighted by Gasteiger charge is 2.03. The first-order chi connectivity index (χ1) is 5.81. The van der Waals surface area contributed by atoms with Gasteiger partial charge in [0.1, 0.15) is 0 Å². The van der Waals surface area contributed by atoms with Gasteiger partial charge in [0.2, 0.25) is 5.88 Å². The second kappa shape index (κ2) is 4.11. The summed E-state index contributed by atoms with van der Waals surface area (Å²) in [6.45, 7) is 0. The Morgan fingerprint density at radius 2 is 2.42 bits per heavy atom. The van der Waals surface area contributed by atoms with E-state index in [9.17, 15) is 4.79 Å². The fraction of sp³-hybridized carbons (Fsp3) is 0.250. The molecule has 4 heteroatoms. The number of hydrogen-bond donors (Lipinski definition) is 0. The second-order valence-electron chi connectivity index (χ2n) is 2.10. The Morgan fingerprint density at radius 3 is 2.92 bits per heavy atom. The number of ether oxygens (including phenoxy) is 1. The first kappa shape index (κ1) is 9.06. The third-order valence-electron chi connectivity index (χ3n) is 1.39. The summed E-state index contributed by atoms with van der Waals surface area (Å²) in [6, 6.07) is 1.75. The molecule has 0 fully saturated rings. The zero-order chi connectivity index (χ0) is 8.97. The Kier molecular flexibility index (Phi) is 3.10. The van der Waals surface area contributed by atoms with Crippen LogP contribution in [0.4, 0.5) is 0 Å². The summed E-state index contributed by atoms with van der Waals surface area (Å²) >= 11 is 1.50. The van der Waals surface area contributed by atoms with Crippen LogP contribution in [0.25, 0.3) is 0 Å². The number of carbonyl (C=O) groups excluding carboxylic acids is 1. The molecule has 0 aliphatic heterocycles. The Balaban J connectivity index is 3.10. The molecule has 0 aromatic carbocycles. The first-order valence-corrected chi connectivity index (χ1v) is 4.57.